The maximum absolute atomic E-state index is 4.57. The van der Waals surface area contributed by atoms with Gasteiger partial charge in [-0.3, -0.25) is 0 Å². The molecule has 0 amide bonds. The molecule has 0 aliphatic heterocycles. The average molecular weight is 222 g/mol. The van der Waals surface area contributed by atoms with Gasteiger partial charge in [-0.15, -0.1) is 0 Å². The highest BCUT2D eigenvalue weighted by molar-refractivity contribution is 5.31. The van der Waals surface area contributed by atoms with Crippen LogP contribution in [-0.2, 0) is 0 Å². The van der Waals surface area contributed by atoms with E-state index in [1.54, 1.807) is 0 Å². The second kappa shape index (κ2) is 5.80. The molecule has 0 aromatic carbocycles. The van der Waals surface area contributed by atoms with Crippen LogP contribution in [0.3, 0.4) is 0 Å². The van der Waals surface area contributed by atoms with Crippen molar-refractivity contribution in [1.29, 1.82) is 0 Å². The monoisotopic (exact) mass is 222 g/mol. The van der Waals surface area contributed by atoms with Gasteiger partial charge in [0.2, 0.25) is 5.95 Å². The zero-order chi connectivity index (χ0) is 12.1. The molecule has 0 bridgehead atoms. The minimum absolute atomic E-state index is 0.443. The number of nitrogens with zero attached hydrogens (tertiary/aromatic N) is 3. The van der Waals surface area contributed by atoms with E-state index in [1.807, 2.05) is 21.0 Å². The Bertz CT molecular complexity index is 336. The smallest absolute Gasteiger partial charge is 0.225 e. The highest BCUT2D eigenvalue weighted by Gasteiger charge is 2.08. The first-order chi connectivity index (χ1) is 7.54. The van der Waals surface area contributed by atoms with Crippen LogP contribution in [0.15, 0.2) is 6.07 Å². The molecule has 0 unspecified atom stereocenters. The molecular formula is C12H22N4. The third-order valence-corrected chi connectivity index (χ3v) is 2.49. The van der Waals surface area contributed by atoms with Crippen LogP contribution >= 0.6 is 0 Å². The van der Waals surface area contributed by atoms with Gasteiger partial charge in [0.25, 0.3) is 0 Å². The van der Waals surface area contributed by atoms with Crippen LogP contribution in [0.25, 0.3) is 0 Å². The van der Waals surface area contributed by atoms with Crippen LogP contribution in [0.4, 0.5) is 5.95 Å². The van der Waals surface area contributed by atoms with E-state index in [9.17, 15) is 0 Å². The number of nitrogens with one attached hydrogen (secondary N) is 1. The molecule has 0 saturated carbocycles. The van der Waals surface area contributed by atoms with Crippen LogP contribution in [0.5, 0.6) is 0 Å². The lowest BCUT2D eigenvalue weighted by molar-refractivity contribution is 0.738. The molecule has 4 nitrogen and oxygen atoms in total. The van der Waals surface area contributed by atoms with E-state index in [1.165, 1.54) is 0 Å². The molecule has 4 heteroatoms. The SMILES string of the molecule is CNCCN(C)c1nc(C)cc(C(C)C)n1. The summed E-state index contributed by atoms with van der Waals surface area (Å²) in [7, 11) is 3.97. The normalized spacial score (nSPS) is 10.9. The van der Waals surface area contributed by atoms with Crippen molar-refractivity contribution in [3.8, 4) is 0 Å². The molecule has 0 radical (unpaired) electrons. The van der Waals surface area contributed by atoms with Gasteiger partial charge in [0.15, 0.2) is 0 Å². The molecule has 1 N–H and O–H groups in total. The van der Waals surface area contributed by atoms with Crippen LogP contribution < -0.4 is 10.2 Å². The summed E-state index contributed by atoms with van der Waals surface area (Å²) in [4.78, 5) is 11.1. The van der Waals surface area contributed by atoms with E-state index in [0.29, 0.717) is 5.92 Å². The average Bonchev–Trinajstić information content (AvgIpc) is 2.24. The number of anilines is 1. The van der Waals surface area contributed by atoms with Crippen molar-refractivity contribution in [3.63, 3.8) is 0 Å². The van der Waals surface area contributed by atoms with Crippen molar-refractivity contribution < 1.29 is 0 Å². The second-order valence-corrected chi connectivity index (χ2v) is 4.41. The summed E-state index contributed by atoms with van der Waals surface area (Å²) in [6, 6.07) is 2.06. The standard InChI is InChI=1S/C12H22N4/c1-9(2)11-8-10(3)14-12(15-11)16(5)7-6-13-4/h8-9,13H,6-7H2,1-5H3. The Morgan fingerprint density at radius 1 is 1.38 bits per heavy atom. The number of aromatic nitrogens is 2. The van der Waals surface area contributed by atoms with Crippen LogP contribution in [0, 0.1) is 6.92 Å². The van der Waals surface area contributed by atoms with E-state index >= 15 is 0 Å². The third kappa shape index (κ3) is 3.45. The molecule has 1 heterocycles. The lowest BCUT2D eigenvalue weighted by Gasteiger charge is -2.18. The van der Waals surface area contributed by atoms with E-state index in [4.69, 9.17) is 0 Å². The van der Waals surface area contributed by atoms with Crippen molar-refractivity contribution in [2.24, 2.45) is 0 Å². The molecule has 1 aromatic heterocycles. The van der Waals surface area contributed by atoms with Crippen LogP contribution in [-0.4, -0.2) is 37.2 Å². The van der Waals surface area contributed by atoms with Crippen molar-refractivity contribution in [2.45, 2.75) is 26.7 Å². The maximum atomic E-state index is 4.57. The lowest BCUT2D eigenvalue weighted by atomic mass is 10.1. The van der Waals surface area contributed by atoms with Crippen molar-refractivity contribution >= 4 is 5.95 Å². The summed E-state index contributed by atoms with van der Waals surface area (Å²) in [6.45, 7) is 8.17. The summed E-state index contributed by atoms with van der Waals surface area (Å²) in [5.41, 5.74) is 2.14. The van der Waals surface area contributed by atoms with Gasteiger partial charge < -0.3 is 10.2 Å². The predicted molar refractivity (Wildman–Crippen MR) is 68.1 cm³/mol. The highest BCUT2D eigenvalue weighted by atomic mass is 15.2. The number of rotatable bonds is 5. The van der Waals surface area contributed by atoms with Gasteiger partial charge in [-0.1, -0.05) is 13.8 Å². The molecule has 0 fully saturated rings. The molecule has 1 aromatic rings. The summed E-state index contributed by atoms with van der Waals surface area (Å²) in [6.07, 6.45) is 0. The zero-order valence-electron chi connectivity index (χ0n) is 10.9. The number of hydrogen-bond donors (Lipinski definition) is 1. The zero-order valence-corrected chi connectivity index (χ0v) is 10.9. The summed E-state index contributed by atoms with van der Waals surface area (Å²) >= 11 is 0. The highest BCUT2D eigenvalue weighted by Crippen LogP contribution is 2.15. The molecule has 0 aliphatic rings. The number of aryl methyl sites for hydroxylation is 1. The Balaban J connectivity index is 2.86. The summed E-state index contributed by atoms with van der Waals surface area (Å²) < 4.78 is 0. The Kier molecular flexibility index (Phi) is 4.68. The molecule has 0 spiro atoms. The number of hydrogen-bond acceptors (Lipinski definition) is 4. The van der Waals surface area contributed by atoms with Gasteiger partial charge in [0, 0.05) is 31.5 Å². The van der Waals surface area contributed by atoms with Gasteiger partial charge in [-0.2, -0.15) is 0 Å². The van der Waals surface area contributed by atoms with Crippen LogP contribution in [0.1, 0.15) is 31.2 Å². The van der Waals surface area contributed by atoms with Gasteiger partial charge in [0.05, 0.1) is 0 Å². The van der Waals surface area contributed by atoms with Gasteiger partial charge in [-0.25, -0.2) is 9.97 Å². The summed E-state index contributed by atoms with van der Waals surface area (Å²) in [5, 5.41) is 3.12. The first-order valence-corrected chi connectivity index (χ1v) is 5.76. The van der Waals surface area contributed by atoms with Gasteiger partial charge >= 0.3 is 0 Å². The Hall–Kier alpha value is -1.16. The first kappa shape index (κ1) is 12.9. The first-order valence-electron chi connectivity index (χ1n) is 5.76. The van der Waals surface area contributed by atoms with E-state index in [-0.39, 0.29) is 0 Å². The van der Waals surface area contributed by atoms with Crippen LogP contribution in [0.2, 0.25) is 0 Å². The minimum Gasteiger partial charge on any atom is -0.343 e. The topological polar surface area (TPSA) is 41.0 Å². The molecule has 0 saturated heterocycles. The molecule has 1 rings (SSSR count). The Morgan fingerprint density at radius 3 is 2.62 bits per heavy atom. The quantitative estimate of drug-likeness (QED) is 0.821. The molecule has 16 heavy (non-hydrogen) atoms. The second-order valence-electron chi connectivity index (χ2n) is 4.41. The van der Waals surface area contributed by atoms with E-state index in [2.05, 4.69) is 40.1 Å². The predicted octanol–water partition coefficient (Wildman–Crippen LogP) is 1.56. The van der Waals surface area contributed by atoms with Gasteiger partial charge in [-0.05, 0) is 26.0 Å². The lowest BCUT2D eigenvalue weighted by Crippen LogP contribution is -2.28. The fraction of sp³-hybridized carbons (Fsp3) is 0.667. The van der Waals surface area contributed by atoms with Gasteiger partial charge in [0.1, 0.15) is 0 Å². The molecule has 0 aliphatic carbocycles. The van der Waals surface area contributed by atoms with E-state index in [0.717, 1.165) is 30.4 Å². The fourth-order valence-corrected chi connectivity index (χ4v) is 1.42. The molecule has 0 atom stereocenters. The summed E-state index contributed by atoms with van der Waals surface area (Å²) in [5.74, 6) is 1.26. The van der Waals surface area contributed by atoms with Crippen molar-refractivity contribution in [3.05, 3.63) is 17.5 Å². The minimum atomic E-state index is 0.443. The fourth-order valence-electron chi connectivity index (χ4n) is 1.42. The van der Waals surface area contributed by atoms with E-state index < -0.39 is 0 Å². The Labute approximate surface area is 98.1 Å². The molecular weight excluding hydrogens is 200 g/mol. The third-order valence-electron chi connectivity index (χ3n) is 2.49. The van der Waals surface area contributed by atoms with Crippen molar-refractivity contribution in [1.82, 2.24) is 15.3 Å². The molecule has 90 valence electrons. The largest absolute Gasteiger partial charge is 0.343 e. The van der Waals surface area contributed by atoms with Crippen molar-refractivity contribution in [2.75, 3.05) is 32.1 Å². The number of likely N-dealkylation sites (N-methyl/N-ethyl adjacent to an activating group) is 2. The maximum Gasteiger partial charge on any atom is 0.225 e. The Morgan fingerprint density at radius 2 is 2.06 bits per heavy atom.